The Bertz CT molecular complexity index is 840. The lowest BCUT2D eigenvalue weighted by Gasteiger charge is -2.23. The Balaban J connectivity index is 1.50. The van der Waals surface area contributed by atoms with Crippen molar-refractivity contribution in [3.8, 4) is 11.6 Å². The third-order valence-electron chi connectivity index (χ3n) is 5.38. The molecule has 5 nitrogen and oxygen atoms in total. The van der Waals surface area contributed by atoms with Crippen molar-refractivity contribution in [3.05, 3.63) is 53.2 Å². The number of ether oxygens (including phenoxy) is 1. The second-order valence-electron chi connectivity index (χ2n) is 9.50. The Morgan fingerprint density at radius 2 is 2.00 bits per heavy atom. The highest BCUT2D eigenvalue weighted by atomic mass is 16.5. The predicted octanol–water partition coefficient (Wildman–Crippen LogP) is 4.49. The maximum atomic E-state index is 11.1. The molecule has 0 saturated carbocycles. The number of aromatic nitrogens is 1. The average molecular weight is 396 g/mol. The Hall–Kier alpha value is -2.40. The van der Waals surface area contributed by atoms with Crippen LogP contribution in [0.25, 0.3) is 0 Å². The summed E-state index contributed by atoms with van der Waals surface area (Å²) in [5.74, 6) is 1.46. The Labute approximate surface area is 174 Å². The standard InChI is InChI=1S/C24H33N3O2/c1-16(14-24(2,3)4)9-10-26-20-11-17-5-7-21(13-19(17)12-20)29-22-8-6-18(15-27-22)23(25)28/h5-8,13,15-16,20,26H,9-12,14H2,1-4H3,(H2,25,28). The Kier molecular flexibility index (Phi) is 6.58. The number of hydrogen-bond acceptors (Lipinski definition) is 4. The first kappa shape index (κ1) is 21.3. The van der Waals surface area contributed by atoms with Gasteiger partial charge in [-0.2, -0.15) is 0 Å². The zero-order valence-electron chi connectivity index (χ0n) is 18.0. The van der Waals surface area contributed by atoms with E-state index >= 15 is 0 Å². The summed E-state index contributed by atoms with van der Waals surface area (Å²) in [6.07, 6.45) is 5.99. The first-order valence-corrected chi connectivity index (χ1v) is 10.5. The van der Waals surface area contributed by atoms with Crippen LogP contribution >= 0.6 is 0 Å². The van der Waals surface area contributed by atoms with Gasteiger partial charge in [0.05, 0.1) is 5.56 Å². The van der Waals surface area contributed by atoms with Gasteiger partial charge in [-0.3, -0.25) is 4.79 Å². The molecule has 1 aliphatic rings. The number of rotatable bonds is 8. The van der Waals surface area contributed by atoms with Crippen LogP contribution in [-0.4, -0.2) is 23.5 Å². The molecule has 29 heavy (non-hydrogen) atoms. The maximum Gasteiger partial charge on any atom is 0.250 e. The highest BCUT2D eigenvalue weighted by molar-refractivity contribution is 5.92. The first-order valence-electron chi connectivity index (χ1n) is 10.5. The summed E-state index contributed by atoms with van der Waals surface area (Å²) in [5.41, 5.74) is 8.73. The maximum absolute atomic E-state index is 11.1. The summed E-state index contributed by atoms with van der Waals surface area (Å²) in [4.78, 5) is 15.3. The summed E-state index contributed by atoms with van der Waals surface area (Å²) in [7, 11) is 0. The molecule has 5 heteroatoms. The number of nitrogens with zero attached hydrogens (tertiary/aromatic N) is 1. The summed E-state index contributed by atoms with van der Waals surface area (Å²) < 4.78 is 5.85. The number of pyridine rings is 1. The molecule has 3 rings (SSSR count). The van der Waals surface area contributed by atoms with Crippen LogP contribution in [0.2, 0.25) is 0 Å². The van der Waals surface area contributed by atoms with Crippen LogP contribution in [0.4, 0.5) is 0 Å². The van der Waals surface area contributed by atoms with E-state index in [4.69, 9.17) is 10.5 Å². The van der Waals surface area contributed by atoms with E-state index in [0.717, 1.165) is 31.1 Å². The van der Waals surface area contributed by atoms with E-state index in [0.29, 0.717) is 22.9 Å². The van der Waals surface area contributed by atoms with Crippen molar-refractivity contribution in [2.45, 2.75) is 59.4 Å². The third kappa shape index (κ3) is 6.29. The molecule has 3 N–H and O–H groups in total. The molecule has 2 aromatic rings. The van der Waals surface area contributed by atoms with E-state index in [-0.39, 0.29) is 0 Å². The third-order valence-corrected chi connectivity index (χ3v) is 5.38. The number of nitrogens with one attached hydrogen (secondary N) is 1. The van der Waals surface area contributed by atoms with Gasteiger partial charge in [-0.25, -0.2) is 4.98 Å². The van der Waals surface area contributed by atoms with E-state index in [1.54, 1.807) is 12.1 Å². The normalized spacial score (nSPS) is 17.0. The lowest BCUT2D eigenvalue weighted by Crippen LogP contribution is -2.31. The minimum Gasteiger partial charge on any atom is -0.439 e. The first-order chi connectivity index (χ1) is 13.7. The SMILES string of the molecule is CC(CCNC1Cc2ccc(Oc3ccc(C(N)=O)cn3)cc2C1)CC(C)(C)C. The van der Waals surface area contributed by atoms with Gasteiger partial charge in [0.15, 0.2) is 0 Å². The van der Waals surface area contributed by atoms with Gasteiger partial charge in [-0.05, 0) is 72.9 Å². The smallest absolute Gasteiger partial charge is 0.250 e. The highest BCUT2D eigenvalue weighted by Crippen LogP contribution is 2.29. The van der Waals surface area contributed by atoms with Crippen LogP contribution in [0.15, 0.2) is 36.5 Å². The van der Waals surface area contributed by atoms with Gasteiger partial charge in [0.25, 0.3) is 0 Å². The zero-order valence-corrected chi connectivity index (χ0v) is 18.0. The second kappa shape index (κ2) is 8.95. The molecule has 0 radical (unpaired) electrons. The number of nitrogens with two attached hydrogens (primary N) is 1. The van der Waals surface area contributed by atoms with Gasteiger partial charge in [0, 0.05) is 18.3 Å². The van der Waals surface area contributed by atoms with Gasteiger partial charge in [-0.1, -0.05) is 33.8 Å². The minimum atomic E-state index is -0.493. The van der Waals surface area contributed by atoms with Crippen LogP contribution in [0.1, 0.15) is 62.0 Å². The predicted molar refractivity (Wildman–Crippen MR) is 116 cm³/mol. The number of amides is 1. The summed E-state index contributed by atoms with van der Waals surface area (Å²) in [6.45, 7) is 10.3. The van der Waals surface area contributed by atoms with Gasteiger partial charge in [0.2, 0.25) is 11.8 Å². The van der Waals surface area contributed by atoms with Gasteiger partial charge >= 0.3 is 0 Å². The quantitative estimate of drug-likeness (QED) is 0.690. The van der Waals surface area contributed by atoms with E-state index < -0.39 is 5.91 Å². The molecule has 156 valence electrons. The van der Waals surface area contributed by atoms with Crippen molar-refractivity contribution >= 4 is 5.91 Å². The van der Waals surface area contributed by atoms with Crippen molar-refractivity contribution in [3.63, 3.8) is 0 Å². The monoisotopic (exact) mass is 395 g/mol. The van der Waals surface area contributed by atoms with Gasteiger partial charge in [0.1, 0.15) is 5.75 Å². The fourth-order valence-electron chi connectivity index (χ4n) is 4.19. The molecule has 1 aromatic carbocycles. The largest absolute Gasteiger partial charge is 0.439 e. The molecule has 2 unspecified atom stereocenters. The topological polar surface area (TPSA) is 77.2 Å². The molecule has 1 aliphatic carbocycles. The zero-order chi connectivity index (χ0) is 21.0. The van der Waals surface area contributed by atoms with E-state index in [9.17, 15) is 4.79 Å². The summed E-state index contributed by atoms with van der Waals surface area (Å²) >= 11 is 0. The van der Waals surface area contributed by atoms with Crippen molar-refractivity contribution in [2.75, 3.05) is 6.54 Å². The molecule has 0 spiro atoms. The number of benzene rings is 1. The highest BCUT2D eigenvalue weighted by Gasteiger charge is 2.22. The van der Waals surface area contributed by atoms with Crippen molar-refractivity contribution in [2.24, 2.45) is 17.1 Å². The molecule has 1 amide bonds. The molecule has 0 saturated heterocycles. The Morgan fingerprint density at radius 1 is 1.24 bits per heavy atom. The molecule has 0 bridgehead atoms. The molecule has 0 fully saturated rings. The molecule has 1 heterocycles. The minimum absolute atomic E-state index is 0.372. The molecule has 0 aliphatic heterocycles. The fraction of sp³-hybridized carbons (Fsp3) is 0.500. The Morgan fingerprint density at radius 3 is 2.66 bits per heavy atom. The van der Waals surface area contributed by atoms with E-state index in [1.165, 1.54) is 30.2 Å². The molecule has 1 aromatic heterocycles. The van der Waals surface area contributed by atoms with Gasteiger partial charge in [-0.15, -0.1) is 0 Å². The fourth-order valence-corrected chi connectivity index (χ4v) is 4.19. The van der Waals surface area contributed by atoms with E-state index in [2.05, 4.69) is 50.1 Å². The number of fused-ring (bicyclic) bond motifs is 1. The molecular weight excluding hydrogens is 362 g/mol. The summed E-state index contributed by atoms with van der Waals surface area (Å²) in [5, 5.41) is 3.73. The number of primary amides is 1. The number of hydrogen-bond donors (Lipinski definition) is 2. The molecular formula is C24H33N3O2. The van der Waals surface area contributed by atoms with Crippen molar-refractivity contribution < 1.29 is 9.53 Å². The van der Waals surface area contributed by atoms with Crippen molar-refractivity contribution in [1.29, 1.82) is 0 Å². The lowest BCUT2D eigenvalue weighted by molar-refractivity contribution is 0.1000. The van der Waals surface area contributed by atoms with Crippen molar-refractivity contribution in [1.82, 2.24) is 10.3 Å². The van der Waals surface area contributed by atoms with Gasteiger partial charge < -0.3 is 15.8 Å². The van der Waals surface area contributed by atoms with Crippen LogP contribution in [0, 0.1) is 11.3 Å². The van der Waals surface area contributed by atoms with E-state index in [1.807, 2.05) is 6.07 Å². The van der Waals surface area contributed by atoms with Crippen LogP contribution < -0.4 is 15.8 Å². The number of carbonyl (C=O) groups is 1. The van der Waals surface area contributed by atoms with Crippen LogP contribution in [0.5, 0.6) is 11.6 Å². The van der Waals surface area contributed by atoms with Crippen LogP contribution in [-0.2, 0) is 12.8 Å². The molecule has 2 atom stereocenters. The summed E-state index contributed by atoms with van der Waals surface area (Å²) in [6, 6.07) is 10.0. The second-order valence-corrected chi connectivity index (χ2v) is 9.50. The van der Waals surface area contributed by atoms with Crippen LogP contribution in [0.3, 0.4) is 0 Å². The average Bonchev–Trinajstić information content (AvgIpc) is 3.02. The lowest BCUT2D eigenvalue weighted by atomic mass is 9.84. The number of carbonyl (C=O) groups excluding carboxylic acids is 1.